The molecule has 1 aromatic carbocycles. The highest BCUT2D eigenvalue weighted by Gasteiger charge is 2.20. The Hall–Kier alpha value is -2.21. The molecule has 1 aliphatic rings. The number of hydrogen-bond donors (Lipinski definition) is 2. The summed E-state index contributed by atoms with van der Waals surface area (Å²) >= 11 is 0. The fraction of sp³-hybridized carbons (Fsp3) is 0.438. The van der Waals surface area contributed by atoms with Crippen LogP contribution in [0, 0.1) is 0 Å². The summed E-state index contributed by atoms with van der Waals surface area (Å²) in [6.45, 7) is 0. The maximum absolute atomic E-state index is 12.1. The minimum absolute atomic E-state index is 0.0402. The maximum Gasteiger partial charge on any atom is 0.224 e. The van der Waals surface area contributed by atoms with E-state index in [1.165, 1.54) is 0 Å². The molecule has 0 aliphatic heterocycles. The van der Waals surface area contributed by atoms with Crippen LogP contribution in [0.25, 0.3) is 5.69 Å². The van der Waals surface area contributed by atoms with Crippen LogP contribution in [0.4, 0.5) is 0 Å². The maximum atomic E-state index is 12.1. The summed E-state index contributed by atoms with van der Waals surface area (Å²) in [5, 5.41) is 20.1. The molecule has 2 N–H and O–H groups in total. The zero-order valence-electron chi connectivity index (χ0n) is 12.4. The molecule has 0 spiro atoms. The molecule has 6 nitrogen and oxygen atoms in total. The van der Waals surface area contributed by atoms with E-state index in [4.69, 9.17) is 0 Å². The van der Waals surface area contributed by atoms with Gasteiger partial charge in [-0.1, -0.05) is 12.1 Å². The highest BCUT2D eigenvalue weighted by molar-refractivity contribution is 5.78. The van der Waals surface area contributed by atoms with E-state index in [2.05, 4.69) is 15.5 Å². The third kappa shape index (κ3) is 3.71. The first-order chi connectivity index (χ1) is 10.7. The van der Waals surface area contributed by atoms with Crippen LogP contribution in [-0.4, -0.2) is 37.9 Å². The summed E-state index contributed by atoms with van der Waals surface area (Å²) in [6, 6.07) is 7.98. The summed E-state index contributed by atoms with van der Waals surface area (Å²) in [4.78, 5) is 12.1. The fourth-order valence-electron chi connectivity index (χ4n) is 2.80. The molecule has 0 radical (unpaired) electrons. The Kier molecular flexibility index (Phi) is 4.48. The van der Waals surface area contributed by atoms with Crippen molar-refractivity contribution in [2.24, 2.45) is 0 Å². The topological polar surface area (TPSA) is 80.0 Å². The Balaban J connectivity index is 1.53. The molecule has 6 heteroatoms. The molecule has 1 fully saturated rings. The number of aliphatic hydroxyl groups excluding tert-OH is 1. The number of nitrogens with one attached hydrogen (secondary N) is 1. The lowest BCUT2D eigenvalue weighted by atomic mass is 9.93. The van der Waals surface area contributed by atoms with Gasteiger partial charge < -0.3 is 10.4 Å². The van der Waals surface area contributed by atoms with E-state index in [1.54, 1.807) is 12.7 Å². The monoisotopic (exact) mass is 300 g/mol. The van der Waals surface area contributed by atoms with Crippen molar-refractivity contribution >= 4 is 5.91 Å². The Labute approximate surface area is 129 Å². The van der Waals surface area contributed by atoms with Gasteiger partial charge in [-0.3, -0.25) is 9.36 Å². The summed E-state index contributed by atoms with van der Waals surface area (Å²) in [5.74, 6) is 0.0402. The lowest BCUT2D eigenvalue weighted by Crippen LogP contribution is -2.39. The smallest absolute Gasteiger partial charge is 0.224 e. The zero-order chi connectivity index (χ0) is 15.4. The molecule has 0 unspecified atom stereocenters. The van der Waals surface area contributed by atoms with E-state index in [9.17, 15) is 9.90 Å². The van der Waals surface area contributed by atoms with E-state index < -0.39 is 0 Å². The number of nitrogens with zero attached hydrogens (tertiary/aromatic N) is 3. The number of rotatable bonds is 4. The van der Waals surface area contributed by atoms with Crippen molar-refractivity contribution in [2.45, 2.75) is 44.2 Å². The van der Waals surface area contributed by atoms with Crippen molar-refractivity contribution < 1.29 is 9.90 Å². The van der Waals surface area contributed by atoms with Crippen molar-refractivity contribution in [3.63, 3.8) is 0 Å². The van der Waals surface area contributed by atoms with Gasteiger partial charge in [0, 0.05) is 11.7 Å². The predicted octanol–water partition coefficient (Wildman–Crippen LogP) is 1.23. The summed E-state index contributed by atoms with van der Waals surface area (Å²) in [6.07, 6.45) is 6.73. The molecule has 2 aromatic rings. The van der Waals surface area contributed by atoms with Gasteiger partial charge >= 0.3 is 0 Å². The van der Waals surface area contributed by atoms with Crippen LogP contribution >= 0.6 is 0 Å². The average Bonchev–Trinajstić information content (AvgIpc) is 3.05. The van der Waals surface area contributed by atoms with Crippen LogP contribution in [0.15, 0.2) is 36.9 Å². The lowest BCUT2D eigenvalue weighted by molar-refractivity contribution is -0.121. The first kappa shape index (κ1) is 14.7. The van der Waals surface area contributed by atoms with Gasteiger partial charge in [-0.05, 0) is 43.4 Å². The number of aliphatic hydroxyl groups is 1. The standard InChI is InChI=1S/C16H20N4O2/c21-15-7-3-13(4-8-15)19-16(22)9-12-1-5-14(6-2-12)20-10-17-18-11-20/h1-2,5-6,10-11,13,15,21H,3-4,7-9H2,(H,19,22). The van der Waals surface area contributed by atoms with Crippen LogP contribution in [0.1, 0.15) is 31.2 Å². The minimum Gasteiger partial charge on any atom is -0.393 e. The Morgan fingerprint density at radius 2 is 1.77 bits per heavy atom. The van der Waals surface area contributed by atoms with Gasteiger partial charge in [0.25, 0.3) is 0 Å². The van der Waals surface area contributed by atoms with Crippen molar-refractivity contribution in [1.29, 1.82) is 0 Å². The SMILES string of the molecule is O=C(Cc1ccc(-n2cnnc2)cc1)NC1CCC(O)CC1. The van der Waals surface area contributed by atoms with Crippen molar-refractivity contribution in [3.05, 3.63) is 42.5 Å². The number of carbonyl (C=O) groups is 1. The van der Waals surface area contributed by atoms with E-state index in [1.807, 2.05) is 28.8 Å². The summed E-state index contributed by atoms with van der Waals surface area (Å²) in [7, 11) is 0. The highest BCUT2D eigenvalue weighted by atomic mass is 16.3. The van der Waals surface area contributed by atoms with Crippen LogP contribution < -0.4 is 5.32 Å². The van der Waals surface area contributed by atoms with E-state index in [-0.39, 0.29) is 18.1 Å². The Morgan fingerprint density at radius 1 is 1.14 bits per heavy atom. The first-order valence-corrected chi connectivity index (χ1v) is 7.62. The van der Waals surface area contributed by atoms with E-state index in [0.29, 0.717) is 6.42 Å². The second-order valence-electron chi connectivity index (χ2n) is 5.79. The zero-order valence-corrected chi connectivity index (χ0v) is 12.4. The van der Waals surface area contributed by atoms with Crippen LogP contribution in [0.2, 0.25) is 0 Å². The first-order valence-electron chi connectivity index (χ1n) is 7.62. The van der Waals surface area contributed by atoms with Gasteiger partial charge in [0.2, 0.25) is 5.91 Å². The van der Waals surface area contributed by atoms with E-state index in [0.717, 1.165) is 36.9 Å². The number of benzene rings is 1. The molecular formula is C16H20N4O2. The summed E-state index contributed by atoms with van der Waals surface area (Å²) < 4.78 is 1.82. The molecule has 116 valence electrons. The molecule has 1 heterocycles. The number of amides is 1. The molecule has 1 aromatic heterocycles. The fourth-order valence-corrected chi connectivity index (χ4v) is 2.80. The Morgan fingerprint density at radius 3 is 2.41 bits per heavy atom. The Bertz CT molecular complexity index is 602. The molecule has 1 saturated carbocycles. The normalized spacial score (nSPS) is 21.5. The van der Waals surface area contributed by atoms with Gasteiger partial charge in [0.15, 0.2) is 0 Å². The third-order valence-electron chi connectivity index (χ3n) is 4.08. The average molecular weight is 300 g/mol. The lowest BCUT2D eigenvalue weighted by Gasteiger charge is -2.26. The molecule has 22 heavy (non-hydrogen) atoms. The van der Waals surface area contributed by atoms with Gasteiger partial charge in [0.1, 0.15) is 12.7 Å². The van der Waals surface area contributed by atoms with Crippen LogP contribution in [0.3, 0.4) is 0 Å². The largest absolute Gasteiger partial charge is 0.393 e. The molecule has 0 saturated heterocycles. The van der Waals surface area contributed by atoms with Crippen LogP contribution in [0.5, 0.6) is 0 Å². The second kappa shape index (κ2) is 6.70. The number of aromatic nitrogens is 3. The van der Waals surface area contributed by atoms with Gasteiger partial charge in [-0.2, -0.15) is 0 Å². The molecule has 1 amide bonds. The molecular weight excluding hydrogens is 280 g/mol. The molecule has 0 bridgehead atoms. The van der Waals surface area contributed by atoms with Crippen molar-refractivity contribution in [1.82, 2.24) is 20.1 Å². The van der Waals surface area contributed by atoms with Crippen LogP contribution in [-0.2, 0) is 11.2 Å². The second-order valence-corrected chi connectivity index (χ2v) is 5.79. The minimum atomic E-state index is -0.196. The molecule has 1 aliphatic carbocycles. The summed E-state index contributed by atoms with van der Waals surface area (Å²) in [5.41, 5.74) is 1.94. The molecule has 0 atom stereocenters. The van der Waals surface area contributed by atoms with E-state index >= 15 is 0 Å². The van der Waals surface area contributed by atoms with Gasteiger partial charge in [0.05, 0.1) is 12.5 Å². The van der Waals surface area contributed by atoms with Gasteiger partial charge in [-0.25, -0.2) is 0 Å². The quantitative estimate of drug-likeness (QED) is 0.890. The van der Waals surface area contributed by atoms with Crippen molar-refractivity contribution in [3.8, 4) is 5.69 Å². The third-order valence-corrected chi connectivity index (χ3v) is 4.08. The highest BCUT2D eigenvalue weighted by Crippen LogP contribution is 2.18. The number of hydrogen-bond acceptors (Lipinski definition) is 4. The molecule has 3 rings (SSSR count). The van der Waals surface area contributed by atoms with Gasteiger partial charge in [-0.15, -0.1) is 10.2 Å². The number of carbonyl (C=O) groups excluding carboxylic acids is 1. The predicted molar refractivity (Wildman–Crippen MR) is 81.5 cm³/mol. The van der Waals surface area contributed by atoms with Crippen molar-refractivity contribution in [2.75, 3.05) is 0 Å².